The van der Waals surface area contributed by atoms with Gasteiger partial charge in [-0.3, -0.25) is 4.79 Å². The first-order valence-electron chi connectivity index (χ1n) is 5.55. The molecule has 0 atom stereocenters. The highest BCUT2D eigenvalue weighted by atomic mass is 35.5. The maximum absolute atomic E-state index is 11.1. The average Bonchev–Trinajstić information content (AvgIpc) is 2.37. The lowest BCUT2D eigenvalue weighted by Crippen LogP contribution is -2.32. The van der Waals surface area contributed by atoms with Crippen molar-refractivity contribution in [2.45, 2.75) is 0 Å². The Bertz CT molecular complexity index is 322. The lowest BCUT2D eigenvalue weighted by atomic mass is 10.3. The second kappa shape index (κ2) is 10.8. The summed E-state index contributed by atoms with van der Waals surface area (Å²) in [5, 5.41) is 2.61. The maximum Gasteiger partial charge on any atom is 0.246 e. The van der Waals surface area contributed by atoms with Crippen LogP contribution in [0.5, 0.6) is 5.75 Å². The topological polar surface area (TPSA) is 73.6 Å². The van der Waals surface area contributed by atoms with Crippen molar-refractivity contribution in [2.75, 3.05) is 32.9 Å². The van der Waals surface area contributed by atoms with Crippen molar-refractivity contribution in [3.63, 3.8) is 0 Å². The predicted octanol–water partition coefficient (Wildman–Crippen LogP) is 0.579. The monoisotopic (exact) mass is 274 g/mol. The van der Waals surface area contributed by atoms with Gasteiger partial charge in [0.15, 0.2) is 0 Å². The Morgan fingerprint density at radius 3 is 2.61 bits per heavy atom. The van der Waals surface area contributed by atoms with Crippen LogP contribution in [-0.2, 0) is 9.53 Å². The van der Waals surface area contributed by atoms with Gasteiger partial charge in [-0.15, -0.1) is 12.4 Å². The highest BCUT2D eigenvalue weighted by Gasteiger charge is 1.99. The number of ether oxygens (including phenoxy) is 2. The van der Waals surface area contributed by atoms with Crippen LogP contribution in [0.2, 0.25) is 0 Å². The van der Waals surface area contributed by atoms with Crippen LogP contribution in [0.4, 0.5) is 0 Å². The van der Waals surface area contributed by atoms with E-state index in [-0.39, 0.29) is 24.9 Å². The fourth-order valence-corrected chi connectivity index (χ4v) is 1.16. The van der Waals surface area contributed by atoms with Crippen molar-refractivity contribution < 1.29 is 14.3 Å². The van der Waals surface area contributed by atoms with Gasteiger partial charge in [-0.05, 0) is 12.1 Å². The van der Waals surface area contributed by atoms with Crippen LogP contribution in [0.15, 0.2) is 30.3 Å². The van der Waals surface area contributed by atoms with E-state index >= 15 is 0 Å². The van der Waals surface area contributed by atoms with E-state index < -0.39 is 0 Å². The number of halogens is 1. The van der Waals surface area contributed by atoms with Gasteiger partial charge in [-0.1, -0.05) is 18.2 Å². The molecule has 1 amide bonds. The molecular weight excluding hydrogens is 256 g/mol. The molecule has 0 saturated heterocycles. The van der Waals surface area contributed by atoms with Crippen LogP contribution in [0.3, 0.4) is 0 Å². The normalized spacial score (nSPS) is 9.39. The number of carbonyl (C=O) groups is 1. The molecule has 1 rings (SSSR count). The van der Waals surface area contributed by atoms with Gasteiger partial charge in [0.2, 0.25) is 5.91 Å². The van der Waals surface area contributed by atoms with E-state index in [4.69, 9.17) is 15.2 Å². The third-order valence-corrected chi connectivity index (χ3v) is 1.94. The van der Waals surface area contributed by atoms with Crippen LogP contribution in [-0.4, -0.2) is 38.8 Å². The molecule has 3 N–H and O–H groups in total. The minimum atomic E-state index is -0.157. The number of nitrogens with one attached hydrogen (secondary N) is 1. The molecule has 0 aliphatic heterocycles. The fourth-order valence-electron chi connectivity index (χ4n) is 1.16. The summed E-state index contributed by atoms with van der Waals surface area (Å²) >= 11 is 0. The number of hydrogen-bond acceptors (Lipinski definition) is 4. The lowest BCUT2D eigenvalue weighted by Gasteiger charge is -2.07. The summed E-state index contributed by atoms with van der Waals surface area (Å²) in [6, 6.07) is 9.46. The van der Waals surface area contributed by atoms with E-state index in [2.05, 4.69) is 5.32 Å². The smallest absolute Gasteiger partial charge is 0.246 e. The van der Waals surface area contributed by atoms with Gasteiger partial charge in [0.1, 0.15) is 19.0 Å². The van der Waals surface area contributed by atoms with Crippen LogP contribution in [0, 0.1) is 0 Å². The molecule has 1 aromatic carbocycles. The van der Waals surface area contributed by atoms with Crippen molar-refractivity contribution in [3.05, 3.63) is 30.3 Å². The standard InChI is InChI=1S/C12H18N2O3.ClH/c13-6-7-14-12(15)10-16-8-9-17-11-4-2-1-3-5-11;/h1-5H,6-10,13H2,(H,14,15);1H. The predicted molar refractivity (Wildman–Crippen MR) is 72.1 cm³/mol. The SMILES string of the molecule is Cl.NCCNC(=O)COCCOc1ccccc1. The van der Waals surface area contributed by atoms with E-state index in [9.17, 15) is 4.79 Å². The largest absolute Gasteiger partial charge is 0.491 e. The minimum absolute atomic E-state index is 0. The second-order valence-corrected chi connectivity index (χ2v) is 3.35. The van der Waals surface area contributed by atoms with E-state index in [0.29, 0.717) is 26.3 Å². The van der Waals surface area contributed by atoms with Crippen molar-refractivity contribution in [3.8, 4) is 5.75 Å². The summed E-state index contributed by atoms with van der Waals surface area (Å²) < 4.78 is 10.5. The van der Waals surface area contributed by atoms with Gasteiger partial charge in [0, 0.05) is 13.1 Å². The summed E-state index contributed by atoms with van der Waals surface area (Å²) in [5.41, 5.74) is 5.24. The third-order valence-electron chi connectivity index (χ3n) is 1.94. The molecule has 0 aliphatic carbocycles. The molecule has 0 bridgehead atoms. The zero-order valence-corrected chi connectivity index (χ0v) is 10.9. The number of amides is 1. The number of benzene rings is 1. The molecule has 0 aromatic heterocycles. The molecule has 0 fully saturated rings. The van der Waals surface area contributed by atoms with E-state index in [0.717, 1.165) is 5.75 Å². The van der Waals surface area contributed by atoms with Gasteiger partial charge in [0.05, 0.1) is 6.61 Å². The number of para-hydroxylation sites is 1. The summed E-state index contributed by atoms with van der Waals surface area (Å²) in [5.74, 6) is 0.638. The minimum Gasteiger partial charge on any atom is -0.491 e. The molecule has 0 radical (unpaired) electrons. The van der Waals surface area contributed by atoms with Crippen LogP contribution in [0.1, 0.15) is 0 Å². The Labute approximate surface area is 113 Å². The molecule has 6 heteroatoms. The van der Waals surface area contributed by atoms with Gasteiger partial charge in [0.25, 0.3) is 0 Å². The maximum atomic E-state index is 11.1. The Morgan fingerprint density at radius 2 is 1.94 bits per heavy atom. The van der Waals surface area contributed by atoms with Crippen molar-refractivity contribution in [1.29, 1.82) is 0 Å². The average molecular weight is 275 g/mol. The summed E-state index contributed by atoms with van der Waals surface area (Å²) in [6.07, 6.45) is 0. The molecule has 0 heterocycles. The molecule has 0 saturated carbocycles. The molecular formula is C12H19ClN2O3. The molecule has 102 valence electrons. The first kappa shape index (κ1) is 16.7. The molecule has 5 nitrogen and oxygen atoms in total. The molecule has 1 aromatic rings. The van der Waals surface area contributed by atoms with Gasteiger partial charge < -0.3 is 20.5 Å². The van der Waals surface area contributed by atoms with Gasteiger partial charge in [-0.25, -0.2) is 0 Å². The summed E-state index contributed by atoms with van der Waals surface area (Å²) in [7, 11) is 0. The van der Waals surface area contributed by atoms with Crippen LogP contribution >= 0.6 is 12.4 Å². The van der Waals surface area contributed by atoms with Gasteiger partial charge >= 0.3 is 0 Å². The number of hydrogen-bond donors (Lipinski definition) is 2. The van der Waals surface area contributed by atoms with Gasteiger partial charge in [-0.2, -0.15) is 0 Å². The highest BCUT2D eigenvalue weighted by molar-refractivity contribution is 5.85. The van der Waals surface area contributed by atoms with E-state index in [1.807, 2.05) is 30.3 Å². The highest BCUT2D eigenvalue weighted by Crippen LogP contribution is 2.07. The molecule has 0 spiro atoms. The van der Waals surface area contributed by atoms with E-state index in [1.165, 1.54) is 0 Å². The third kappa shape index (κ3) is 7.89. The number of nitrogens with two attached hydrogens (primary N) is 1. The van der Waals surface area contributed by atoms with Crippen molar-refractivity contribution >= 4 is 18.3 Å². The van der Waals surface area contributed by atoms with E-state index in [1.54, 1.807) is 0 Å². The first-order chi connectivity index (χ1) is 8.33. The zero-order chi connectivity index (χ0) is 12.3. The fraction of sp³-hybridized carbons (Fsp3) is 0.417. The Balaban J connectivity index is 0.00000289. The quantitative estimate of drug-likeness (QED) is 0.680. The van der Waals surface area contributed by atoms with Crippen molar-refractivity contribution in [1.82, 2.24) is 5.32 Å². The lowest BCUT2D eigenvalue weighted by molar-refractivity contribution is -0.125. The second-order valence-electron chi connectivity index (χ2n) is 3.35. The van der Waals surface area contributed by atoms with Crippen LogP contribution in [0.25, 0.3) is 0 Å². The summed E-state index contributed by atoms with van der Waals surface area (Å²) in [6.45, 7) is 1.75. The zero-order valence-electron chi connectivity index (χ0n) is 10.1. The van der Waals surface area contributed by atoms with Crippen molar-refractivity contribution in [2.24, 2.45) is 5.73 Å². The molecule has 0 aliphatic rings. The van der Waals surface area contributed by atoms with Crippen LogP contribution < -0.4 is 15.8 Å². The molecule has 0 unspecified atom stereocenters. The first-order valence-corrected chi connectivity index (χ1v) is 5.55. The molecule has 18 heavy (non-hydrogen) atoms. The summed E-state index contributed by atoms with van der Waals surface area (Å²) in [4.78, 5) is 11.1. The Hall–Kier alpha value is -1.30. The Kier molecular flexibility index (Phi) is 10.0. The number of carbonyl (C=O) groups excluding carboxylic acids is 1. The Morgan fingerprint density at radius 1 is 1.22 bits per heavy atom. The number of rotatable bonds is 8.